The zero-order valence-electron chi connectivity index (χ0n) is 15.5. The lowest BCUT2D eigenvalue weighted by Crippen LogP contribution is -2.53. The lowest BCUT2D eigenvalue weighted by molar-refractivity contribution is -0.121. The number of nitrogens with one attached hydrogen (secondary N) is 1. The standard InChI is InChI=1S/C21H26N2O2S/c1-21(2,23-12-11-16-6-3-4-7-17(16)14-23)15-22-20(25)10-9-18(24)19-8-5-13-26-19/h3-8,13H,9-12,14-15H2,1-2H3,(H,22,25). The van der Waals surface area contributed by atoms with Crippen LogP contribution in [0.5, 0.6) is 0 Å². The van der Waals surface area contributed by atoms with E-state index in [1.54, 1.807) is 0 Å². The van der Waals surface area contributed by atoms with Gasteiger partial charge in [-0.05, 0) is 42.8 Å². The molecule has 0 saturated carbocycles. The molecule has 0 atom stereocenters. The van der Waals surface area contributed by atoms with Gasteiger partial charge in [-0.3, -0.25) is 14.5 Å². The Morgan fingerprint density at radius 1 is 1.12 bits per heavy atom. The molecular weight excluding hydrogens is 344 g/mol. The van der Waals surface area contributed by atoms with Crippen molar-refractivity contribution in [2.45, 2.75) is 45.2 Å². The number of nitrogens with zero attached hydrogens (tertiary/aromatic N) is 1. The van der Waals surface area contributed by atoms with Crippen molar-refractivity contribution in [1.29, 1.82) is 0 Å². The summed E-state index contributed by atoms with van der Waals surface area (Å²) in [5.74, 6) is -0.0116. The van der Waals surface area contributed by atoms with E-state index >= 15 is 0 Å². The molecule has 1 aliphatic rings. The summed E-state index contributed by atoms with van der Waals surface area (Å²) in [6.45, 7) is 6.82. The topological polar surface area (TPSA) is 49.4 Å². The van der Waals surface area contributed by atoms with Crippen LogP contribution in [0.1, 0.15) is 47.5 Å². The molecule has 4 nitrogen and oxygen atoms in total. The summed E-state index contributed by atoms with van der Waals surface area (Å²) in [4.78, 5) is 27.3. The number of ketones is 1. The molecule has 2 aromatic rings. The Kier molecular flexibility index (Phi) is 5.89. The molecule has 0 saturated heterocycles. The minimum absolute atomic E-state index is 0.0436. The Balaban J connectivity index is 1.47. The van der Waals surface area contributed by atoms with Crippen LogP contribution in [0, 0.1) is 0 Å². The van der Waals surface area contributed by atoms with Gasteiger partial charge in [0.15, 0.2) is 5.78 Å². The first kappa shape index (κ1) is 18.8. The lowest BCUT2D eigenvalue weighted by atomic mass is 9.94. The second-order valence-corrected chi connectivity index (χ2v) is 8.38. The second kappa shape index (κ2) is 8.14. The zero-order chi connectivity index (χ0) is 18.6. The summed E-state index contributed by atoms with van der Waals surface area (Å²) in [6, 6.07) is 12.2. The van der Waals surface area contributed by atoms with Gasteiger partial charge in [0.05, 0.1) is 4.88 Å². The van der Waals surface area contributed by atoms with Crippen LogP contribution in [0.4, 0.5) is 0 Å². The summed E-state index contributed by atoms with van der Waals surface area (Å²) in [5.41, 5.74) is 2.68. The highest BCUT2D eigenvalue weighted by Gasteiger charge is 2.30. The van der Waals surface area contributed by atoms with Crippen LogP contribution in [0.2, 0.25) is 0 Å². The van der Waals surface area contributed by atoms with Crippen molar-refractivity contribution in [3.05, 3.63) is 57.8 Å². The van der Waals surface area contributed by atoms with Gasteiger partial charge in [-0.2, -0.15) is 0 Å². The van der Waals surface area contributed by atoms with Crippen molar-refractivity contribution in [3.8, 4) is 0 Å². The molecule has 0 unspecified atom stereocenters. The molecule has 3 rings (SSSR count). The Morgan fingerprint density at radius 2 is 1.88 bits per heavy atom. The summed E-state index contributed by atoms with van der Waals surface area (Å²) in [6.07, 6.45) is 1.56. The third-order valence-electron chi connectivity index (χ3n) is 5.08. The Labute approximate surface area is 159 Å². The quantitative estimate of drug-likeness (QED) is 0.757. The first-order valence-corrected chi connectivity index (χ1v) is 9.99. The van der Waals surface area contributed by atoms with E-state index in [4.69, 9.17) is 0 Å². The SMILES string of the molecule is CC(C)(CNC(=O)CCC(=O)c1cccs1)N1CCc2ccccc2C1. The van der Waals surface area contributed by atoms with E-state index in [-0.39, 0.29) is 30.1 Å². The maximum atomic E-state index is 12.2. The third-order valence-corrected chi connectivity index (χ3v) is 5.99. The number of Topliss-reactive ketones (excluding diaryl/α,β-unsaturated/α-hetero) is 1. The maximum absolute atomic E-state index is 12.2. The molecule has 0 fully saturated rings. The van der Waals surface area contributed by atoms with Crippen LogP contribution >= 0.6 is 11.3 Å². The van der Waals surface area contributed by atoms with Crippen molar-refractivity contribution < 1.29 is 9.59 Å². The molecule has 26 heavy (non-hydrogen) atoms. The zero-order valence-corrected chi connectivity index (χ0v) is 16.3. The Hall–Kier alpha value is -1.98. The molecule has 1 aromatic heterocycles. The molecule has 1 aliphatic heterocycles. The molecule has 0 radical (unpaired) electrons. The number of rotatable bonds is 7. The van der Waals surface area contributed by atoms with Crippen LogP contribution in [-0.2, 0) is 17.8 Å². The predicted molar refractivity (Wildman–Crippen MR) is 106 cm³/mol. The summed E-state index contributed by atoms with van der Waals surface area (Å²) < 4.78 is 0. The molecule has 0 aliphatic carbocycles. The van der Waals surface area contributed by atoms with E-state index in [0.29, 0.717) is 6.54 Å². The minimum Gasteiger partial charge on any atom is -0.354 e. The number of hydrogen-bond acceptors (Lipinski definition) is 4. The first-order chi connectivity index (χ1) is 12.5. The number of amides is 1. The average molecular weight is 371 g/mol. The minimum atomic E-state index is -0.124. The Bertz CT molecular complexity index is 768. The lowest BCUT2D eigenvalue weighted by Gasteiger charge is -2.41. The molecule has 1 aromatic carbocycles. The number of fused-ring (bicyclic) bond motifs is 1. The van der Waals surface area contributed by atoms with E-state index in [1.165, 1.54) is 22.5 Å². The monoisotopic (exact) mass is 370 g/mol. The van der Waals surface area contributed by atoms with Gasteiger partial charge in [0, 0.05) is 38.0 Å². The van der Waals surface area contributed by atoms with Gasteiger partial charge < -0.3 is 5.32 Å². The highest BCUT2D eigenvalue weighted by atomic mass is 32.1. The fourth-order valence-corrected chi connectivity index (χ4v) is 4.01. The molecule has 5 heteroatoms. The van der Waals surface area contributed by atoms with Crippen molar-refractivity contribution in [2.24, 2.45) is 0 Å². The van der Waals surface area contributed by atoms with Gasteiger partial charge in [0.1, 0.15) is 0 Å². The van der Waals surface area contributed by atoms with E-state index in [1.807, 2.05) is 17.5 Å². The molecule has 0 spiro atoms. The van der Waals surface area contributed by atoms with Gasteiger partial charge in [-0.15, -0.1) is 11.3 Å². The molecule has 138 valence electrons. The normalized spacial score (nSPS) is 14.7. The average Bonchev–Trinajstić information content (AvgIpc) is 3.19. The van der Waals surface area contributed by atoms with Gasteiger partial charge in [0.25, 0.3) is 0 Å². The van der Waals surface area contributed by atoms with Gasteiger partial charge in [0.2, 0.25) is 5.91 Å². The second-order valence-electron chi connectivity index (χ2n) is 7.43. The van der Waals surface area contributed by atoms with Crippen LogP contribution in [-0.4, -0.2) is 35.2 Å². The number of thiophene rings is 1. The van der Waals surface area contributed by atoms with Crippen molar-refractivity contribution in [3.63, 3.8) is 0 Å². The van der Waals surface area contributed by atoms with Crippen LogP contribution < -0.4 is 5.32 Å². The summed E-state index contributed by atoms with van der Waals surface area (Å²) in [5, 5.41) is 4.90. The van der Waals surface area contributed by atoms with Crippen molar-refractivity contribution in [2.75, 3.05) is 13.1 Å². The van der Waals surface area contributed by atoms with Crippen LogP contribution in [0.25, 0.3) is 0 Å². The van der Waals surface area contributed by atoms with Crippen LogP contribution in [0.3, 0.4) is 0 Å². The smallest absolute Gasteiger partial charge is 0.220 e. The number of benzene rings is 1. The third kappa shape index (κ3) is 4.59. The van der Waals surface area contributed by atoms with E-state index in [2.05, 4.69) is 48.3 Å². The summed E-state index contributed by atoms with van der Waals surface area (Å²) in [7, 11) is 0. The number of hydrogen-bond donors (Lipinski definition) is 1. The van der Waals surface area contributed by atoms with Crippen LogP contribution in [0.15, 0.2) is 41.8 Å². The highest BCUT2D eigenvalue weighted by molar-refractivity contribution is 7.12. The molecule has 0 bridgehead atoms. The van der Waals surface area contributed by atoms with Gasteiger partial charge in [-0.25, -0.2) is 0 Å². The van der Waals surface area contributed by atoms with Crippen molar-refractivity contribution >= 4 is 23.0 Å². The fourth-order valence-electron chi connectivity index (χ4n) is 3.31. The fraction of sp³-hybridized carbons (Fsp3) is 0.429. The molecular formula is C21H26N2O2S. The maximum Gasteiger partial charge on any atom is 0.220 e. The number of carbonyl (C=O) groups excluding carboxylic acids is 2. The van der Waals surface area contributed by atoms with Crippen molar-refractivity contribution in [1.82, 2.24) is 10.2 Å². The number of carbonyl (C=O) groups is 2. The molecule has 1 amide bonds. The molecule has 2 heterocycles. The molecule has 1 N–H and O–H groups in total. The van der Waals surface area contributed by atoms with Gasteiger partial charge >= 0.3 is 0 Å². The predicted octanol–water partition coefficient (Wildman–Crippen LogP) is 3.66. The Morgan fingerprint density at radius 3 is 2.62 bits per heavy atom. The first-order valence-electron chi connectivity index (χ1n) is 9.11. The largest absolute Gasteiger partial charge is 0.354 e. The van der Waals surface area contributed by atoms with E-state index in [0.717, 1.165) is 24.4 Å². The van der Waals surface area contributed by atoms with E-state index < -0.39 is 0 Å². The van der Waals surface area contributed by atoms with Gasteiger partial charge in [-0.1, -0.05) is 30.3 Å². The van der Waals surface area contributed by atoms with E-state index in [9.17, 15) is 9.59 Å². The highest BCUT2D eigenvalue weighted by Crippen LogP contribution is 2.25. The summed E-state index contributed by atoms with van der Waals surface area (Å²) >= 11 is 1.43.